The molecule has 1 N–H and O–H groups in total. The summed E-state index contributed by atoms with van der Waals surface area (Å²) in [6, 6.07) is 13.0. The molecule has 2 aromatic carbocycles. The fraction of sp³-hybridized carbons (Fsp3) is 0.423. The average molecular weight is 486 g/mol. The van der Waals surface area contributed by atoms with E-state index in [4.69, 9.17) is 16.3 Å². The predicted octanol–water partition coefficient (Wildman–Crippen LogP) is 3.87. The third kappa shape index (κ3) is 6.08. The Labute approximate surface area is 206 Å². The molecule has 1 unspecified atom stereocenters. The largest absolute Gasteiger partial charge is 0.497 e. The molecule has 0 aliphatic carbocycles. The minimum Gasteiger partial charge on any atom is -0.497 e. The van der Waals surface area contributed by atoms with E-state index in [9.17, 15) is 14.4 Å². The second-order valence-electron chi connectivity index (χ2n) is 8.33. The summed E-state index contributed by atoms with van der Waals surface area (Å²) in [7, 11) is 1.57. The van der Waals surface area contributed by atoms with Gasteiger partial charge >= 0.3 is 0 Å². The molecule has 1 saturated heterocycles. The van der Waals surface area contributed by atoms with E-state index in [2.05, 4.69) is 5.32 Å². The van der Waals surface area contributed by atoms with Crippen molar-refractivity contribution in [2.24, 2.45) is 5.92 Å². The van der Waals surface area contributed by atoms with E-state index < -0.39 is 6.04 Å². The molecular formula is C26H32ClN3O4. The minimum atomic E-state index is -0.651. The van der Waals surface area contributed by atoms with Crippen molar-refractivity contribution in [1.29, 1.82) is 0 Å². The molecule has 3 rings (SSSR count). The van der Waals surface area contributed by atoms with Gasteiger partial charge in [-0.25, -0.2) is 0 Å². The molecular weight excluding hydrogens is 454 g/mol. The van der Waals surface area contributed by atoms with E-state index in [1.165, 1.54) is 0 Å². The standard InChI is InChI=1S/C26H32ClN3O4/c1-4-29(5-2)26(33)23(28-24(31)19-8-12-22(34-3)13-9-19)18-14-16-30(17-15-18)25(32)20-6-10-21(27)11-7-20/h6-13,18,23H,4-5,14-17H2,1-3H3,(H,28,31). The average Bonchev–Trinajstić information content (AvgIpc) is 2.88. The van der Waals surface area contributed by atoms with Gasteiger partial charge in [0.1, 0.15) is 11.8 Å². The Kier molecular flexibility index (Phi) is 8.93. The number of benzene rings is 2. The van der Waals surface area contributed by atoms with Gasteiger partial charge in [0.05, 0.1) is 7.11 Å². The van der Waals surface area contributed by atoms with Crippen LogP contribution in [0.1, 0.15) is 47.4 Å². The van der Waals surface area contributed by atoms with Crippen molar-refractivity contribution in [3.8, 4) is 5.75 Å². The van der Waals surface area contributed by atoms with Crippen LogP contribution in [0.2, 0.25) is 5.02 Å². The van der Waals surface area contributed by atoms with Crippen LogP contribution in [0, 0.1) is 5.92 Å². The predicted molar refractivity (Wildman–Crippen MR) is 132 cm³/mol. The molecule has 2 aromatic rings. The van der Waals surface area contributed by atoms with E-state index >= 15 is 0 Å². The van der Waals surface area contributed by atoms with Crippen LogP contribution in [-0.2, 0) is 4.79 Å². The zero-order valence-corrected chi connectivity index (χ0v) is 20.7. The highest BCUT2D eigenvalue weighted by molar-refractivity contribution is 6.30. The summed E-state index contributed by atoms with van der Waals surface area (Å²) in [5, 5.41) is 3.57. The smallest absolute Gasteiger partial charge is 0.253 e. The summed E-state index contributed by atoms with van der Waals surface area (Å²) in [6.07, 6.45) is 1.25. The maximum atomic E-state index is 13.3. The first-order chi connectivity index (χ1) is 16.4. The molecule has 34 heavy (non-hydrogen) atoms. The summed E-state index contributed by atoms with van der Waals surface area (Å²) in [5.74, 6) is 0.154. The number of nitrogens with one attached hydrogen (secondary N) is 1. The molecule has 1 aliphatic rings. The molecule has 0 aromatic heterocycles. The van der Waals surface area contributed by atoms with Crippen molar-refractivity contribution in [2.45, 2.75) is 32.7 Å². The van der Waals surface area contributed by atoms with Crippen LogP contribution >= 0.6 is 11.6 Å². The lowest BCUT2D eigenvalue weighted by Crippen LogP contribution is -2.54. The van der Waals surface area contributed by atoms with Crippen LogP contribution in [0.3, 0.4) is 0 Å². The maximum absolute atomic E-state index is 13.3. The molecule has 0 bridgehead atoms. The van der Waals surface area contributed by atoms with Gasteiger partial charge in [0.25, 0.3) is 11.8 Å². The summed E-state index contributed by atoms with van der Waals surface area (Å²) >= 11 is 5.93. The van der Waals surface area contributed by atoms with Gasteiger partial charge in [-0.15, -0.1) is 0 Å². The van der Waals surface area contributed by atoms with Gasteiger partial charge in [-0.05, 0) is 81.1 Å². The van der Waals surface area contributed by atoms with Gasteiger partial charge in [0.2, 0.25) is 5.91 Å². The van der Waals surface area contributed by atoms with E-state index in [0.29, 0.717) is 60.9 Å². The van der Waals surface area contributed by atoms with Crippen LogP contribution in [-0.4, -0.2) is 66.9 Å². The number of carbonyl (C=O) groups excluding carboxylic acids is 3. The SMILES string of the molecule is CCN(CC)C(=O)C(NC(=O)c1ccc(OC)cc1)C1CCN(C(=O)c2ccc(Cl)cc2)CC1. The first kappa shape index (κ1) is 25.6. The number of amides is 3. The second-order valence-corrected chi connectivity index (χ2v) is 8.76. The minimum absolute atomic E-state index is 0.0518. The fourth-order valence-corrected chi connectivity index (χ4v) is 4.42. The lowest BCUT2D eigenvalue weighted by Gasteiger charge is -2.37. The number of carbonyl (C=O) groups is 3. The van der Waals surface area contributed by atoms with Gasteiger partial charge in [0, 0.05) is 42.3 Å². The quantitative estimate of drug-likeness (QED) is 0.615. The fourth-order valence-electron chi connectivity index (χ4n) is 4.29. The zero-order valence-electron chi connectivity index (χ0n) is 19.9. The summed E-state index contributed by atoms with van der Waals surface area (Å²) in [6.45, 7) is 6.03. The summed E-state index contributed by atoms with van der Waals surface area (Å²) in [4.78, 5) is 42.7. The van der Waals surface area contributed by atoms with Crippen molar-refractivity contribution in [3.63, 3.8) is 0 Å². The molecule has 0 saturated carbocycles. The number of likely N-dealkylation sites (N-methyl/N-ethyl adjacent to an activating group) is 1. The van der Waals surface area contributed by atoms with Crippen LogP contribution in [0.4, 0.5) is 0 Å². The van der Waals surface area contributed by atoms with E-state index in [1.807, 2.05) is 13.8 Å². The number of methoxy groups -OCH3 is 1. The van der Waals surface area contributed by atoms with Crippen molar-refractivity contribution in [1.82, 2.24) is 15.1 Å². The normalized spacial score (nSPS) is 14.9. The number of ether oxygens (including phenoxy) is 1. The topological polar surface area (TPSA) is 79.0 Å². The molecule has 3 amide bonds. The van der Waals surface area contributed by atoms with Crippen LogP contribution < -0.4 is 10.1 Å². The van der Waals surface area contributed by atoms with E-state index in [0.717, 1.165) is 0 Å². The molecule has 0 radical (unpaired) electrons. The highest BCUT2D eigenvalue weighted by Gasteiger charge is 2.35. The number of piperidine rings is 1. The van der Waals surface area contributed by atoms with Gasteiger partial charge < -0.3 is 19.9 Å². The van der Waals surface area contributed by atoms with Gasteiger partial charge in [-0.1, -0.05) is 11.6 Å². The molecule has 7 nitrogen and oxygen atoms in total. The molecule has 1 heterocycles. The third-order valence-corrected chi connectivity index (χ3v) is 6.62. The van der Waals surface area contributed by atoms with Gasteiger partial charge in [-0.3, -0.25) is 14.4 Å². The Morgan fingerprint density at radius 1 is 1.00 bits per heavy atom. The highest BCUT2D eigenvalue weighted by atomic mass is 35.5. The number of nitrogens with zero attached hydrogens (tertiary/aromatic N) is 2. The Bertz CT molecular complexity index is 982. The molecule has 1 aliphatic heterocycles. The van der Waals surface area contributed by atoms with Crippen molar-refractivity contribution in [2.75, 3.05) is 33.3 Å². The lowest BCUT2D eigenvalue weighted by molar-refractivity contribution is -0.134. The first-order valence-electron chi connectivity index (χ1n) is 11.7. The number of halogens is 1. The number of rotatable bonds is 8. The van der Waals surface area contributed by atoms with Crippen LogP contribution in [0.15, 0.2) is 48.5 Å². The zero-order chi connectivity index (χ0) is 24.7. The third-order valence-electron chi connectivity index (χ3n) is 6.37. The van der Waals surface area contributed by atoms with E-state index in [1.54, 1.807) is 65.4 Å². The Hall–Kier alpha value is -3.06. The van der Waals surface area contributed by atoms with Gasteiger partial charge in [0.15, 0.2) is 0 Å². The Morgan fingerprint density at radius 2 is 1.56 bits per heavy atom. The first-order valence-corrected chi connectivity index (χ1v) is 12.0. The van der Waals surface area contributed by atoms with Crippen LogP contribution in [0.25, 0.3) is 0 Å². The van der Waals surface area contributed by atoms with Crippen molar-refractivity contribution >= 4 is 29.3 Å². The Balaban J connectivity index is 1.72. The summed E-state index contributed by atoms with van der Waals surface area (Å²) in [5.41, 5.74) is 1.06. The molecule has 1 atom stereocenters. The number of likely N-dealkylation sites (tertiary alicyclic amines) is 1. The second kappa shape index (κ2) is 11.9. The molecule has 0 spiro atoms. The number of hydrogen-bond acceptors (Lipinski definition) is 4. The van der Waals surface area contributed by atoms with Crippen molar-refractivity contribution in [3.05, 3.63) is 64.7 Å². The molecule has 8 heteroatoms. The number of hydrogen-bond donors (Lipinski definition) is 1. The Morgan fingerprint density at radius 3 is 2.09 bits per heavy atom. The lowest BCUT2D eigenvalue weighted by atomic mass is 9.87. The van der Waals surface area contributed by atoms with Crippen LogP contribution in [0.5, 0.6) is 5.75 Å². The van der Waals surface area contributed by atoms with E-state index in [-0.39, 0.29) is 23.6 Å². The molecule has 182 valence electrons. The maximum Gasteiger partial charge on any atom is 0.253 e. The molecule has 1 fully saturated rings. The van der Waals surface area contributed by atoms with Gasteiger partial charge in [-0.2, -0.15) is 0 Å². The monoisotopic (exact) mass is 485 g/mol. The highest BCUT2D eigenvalue weighted by Crippen LogP contribution is 2.24. The summed E-state index contributed by atoms with van der Waals surface area (Å²) < 4.78 is 5.16. The van der Waals surface area contributed by atoms with Crippen molar-refractivity contribution < 1.29 is 19.1 Å².